The van der Waals surface area contributed by atoms with Gasteiger partial charge in [0.05, 0.1) is 11.9 Å². The van der Waals surface area contributed by atoms with Crippen LogP contribution in [0.1, 0.15) is 42.0 Å². The molecule has 0 spiro atoms. The topological polar surface area (TPSA) is 94.0 Å². The lowest BCUT2D eigenvalue weighted by Gasteiger charge is -2.36. The van der Waals surface area contributed by atoms with Crippen molar-refractivity contribution in [3.8, 4) is 17.4 Å². The highest BCUT2D eigenvalue weighted by molar-refractivity contribution is 5.85. The summed E-state index contributed by atoms with van der Waals surface area (Å²) in [6.07, 6.45) is 3.33. The molecule has 28 heavy (non-hydrogen) atoms. The van der Waals surface area contributed by atoms with Crippen molar-refractivity contribution in [2.24, 2.45) is 0 Å². The molecule has 0 bridgehead atoms. The lowest BCUT2D eigenvalue weighted by molar-refractivity contribution is 0.0689. The molecule has 0 aromatic carbocycles. The van der Waals surface area contributed by atoms with Crippen LogP contribution in [0, 0.1) is 0 Å². The lowest BCUT2D eigenvalue weighted by atomic mass is 10.0. The van der Waals surface area contributed by atoms with Gasteiger partial charge in [-0.3, -0.25) is 4.90 Å². The molecule has 2 aromatic rings. The summed E-state index contributed by atoms with van der Waals surface area (Å²) in [7, 11) is 0. The van der Waals surface area contributed by atoms with E-state index in [0.717, 1.165) is 31.6 Å². The third-order valence-corrected chi connectivity index (χ3v) is 5.14. The van der Waals surface area contributed by atoms with Crippen LogP contribution in [0.25, 0.3) is 0 Å². The highest BCUT2D eigenvalue weighted by Crippen LogP contribution is 2.32. The Hall–Kier alpha value is -2.87. The van der Waals surface area contributed by atoms with Gasteiger partial charge in [0, 0.05) is 19.1 Å². The zero-order valence-corrected chi connectivity index (χ0v) is 15.7. The van der Waals surface area contributed by atoms with Gasteiger partial charge in [-0.15, -0.1) is 0 Å². The molecule has 0 radical (unpaired) electrons. The first-order valence-electron chi connectivity index (χ1n) is 9.47. The number of carboxylic acid groups (broad SMARTS) is 1. The molecular weight excluding hydrogens is 362 g/mol. The van der Waals surface area contributed by atoms with Gasteiger partial charge < -0.3 is 19.3 Å². The first-order chi connectivity index (χ1) is 13.6. The minimum atomic E-state index is -1.04. The summed E-state index contributed by atoms with van der Waals surface area (Å²) >= 11 is 0. The van der Waals surface area contributed by atoms with Gasteiger partial charge in [-0.2, -0.15) is 0 Å². The summed E-state index contributed by atoms with van der Waals surface area (Å²) < 4.78 is 17.1. The molecule has 1 saturated heterocycles. The van der Waals surface area contributed by atoms with Gasteiger partial charge in [0.2, 0.25) is 0 Å². The van der Waals surface area contributed by atoms with Crippen LogP contribution >= 0.6 is 0 Å². The Morgan fingerprint density at radius 1 is 1.21 bits per heavy atom. The number of carboxylic acids is 1. The number of rotatable bonds is 5. The summed E-state index contributed by atoms with van der Waals surface area (Å²) in [5.41, 5.74) is 0.986. The molecule has 2 aromatic heterocycles. The summed E-state index contributed by atoms with van der Waals surface area (Å²) in [5, 5.41) is 8.91. The molecular formula is C20H23N3O5. The predicted octanol–water partition coefficient (Wildman–Crippen LogP) is 2.55. The molecule has 0 amide bonds. The van der Waals surface area contributed by atoms with E-state index in [1.807, 2.05) is 12.1 Å². The van der Waals surface area contributed by atoms with E-state index in [-0.39, 0.29) is 17.8 Å². The number of ether oxygens (including phenoxy) is 3. The van der Waals surface area contributed by atoms with E-state index in [9.17, 15) is 4.79 Å². The van der Waals surface area contributed by atoms with E-state index < -0.39 is 5.97 Å². The third-order valence-electron chi connectivity index (χ3n) is 5.14. The number of likely N-dealkylation sites (tertiary alicyclic amines) is 1. The van der Waals surface area contributed by atoms with Crippen molar-refractivity contribution in [2.45, 2.75) is 31.9 Å². The number of carbonyl (C=O) groups is 1. The molecule has 0 aliphatic carbocycles. The highest BCUT2D eigenvalue weighted by Gasteiger charge is 2.26. The Morgan fingerprint density at radius 2 is 2.00 bits per heavy atom. The number of aromatic nitrogens is 2. The number of nitrogens with zero attached hydrogens (tertiary/aromatic N) is 3. The fraction of sp³-hybridized carbons (Fsp3) is 0.450. The van der Waals surface area contributed by atoms with Crippen LogP contribution in [-0.2, 0) is 0 Å². The Morgan fingerprint density at radius 3 is 2.71 bits per heavy atom. The monoisotopic (exact) mass is 385 g/mol. The van der Waals surface area contributed by atoms with Gasteiger partial charge >= 0.3 is 5.97 Å². The largest absolute Gasteiger partial charge is 0.489 e. The predicted molar refractivity (Wildman–Crippen MR) is 100 cm³/mol. The van der Waals surface area contributed by atoms with Crippen LogP contribution in [0.5, 0.6) is 17.4 Å². The average Bonchev–Trinajstić information content (AvgIpc) is 2.74. The van der Waals surface area contributed by atoms with Crippen LogP contribution < -0.4 is 14.2 Å². The maximum atomic E-state index is 10.9. The summed E-state index contributed by atoms with van der Waals surface area (Å²) in [5.74, 6) is 0.842. The van der Waals surface area contributed by atoms with E-state index in [2.05, 4.69) is 21.8 Å². The molecule has 4 rings (SSSR count). The standard InChI is InChI=1S/C20H23N3O5/c1-13(16-4-5-18-19(22-16)27-11-10-26-18)23-8-6-14(7-9-23)28-15-2-3-17(20(24)25)21-12-15/h2-5,12-14H,6-11H2,1H3,(H,24,25). The van der Waals surface area contributed by atoms with Gasteiger partial charge in [0.25, 0.3) is 5.88 Å². The van der Waals surface area contributed by atoms with Crippen molar-refractivity contribution >= 4 is 5.97 Å². The van der Waals surface area contributed by atoms with E-state index >= 15 is 0 Å². The molecule has 0 saturated carbocycles. The Kier molecular flexibility index (Phi) is 5.29. The lowest BCUT2D eigenvalue weighted by Crippen LogP contribution is -2.39. The molecule has 1 atom stereocenters. The van der Waals surface area contributed by atoms with Crippen molar-refractivity contribution in [1.29, 1.82) is 0 Å². The van der Waals surface area contributed by atoms with Crippen molar-refractivity contribution < 1.29 is 24.1 Å². The van der Waals surface area contributed by atoms with Crippen LogP contribution in [0.15, 0.2) is 30.5 Å². The third kappa shape index (κ3) is 4.01. The normalized spacial score (nSPS) is 18.5. The van der Waals surface area contributed by atoms with Crippen LogP contribution in [0.3, 0.4) is 0 Å². The smallest absolute Gasteiger partial charge is 0.354 e. The molecule has 8 nitrogen and oxygen atoms in total. The highest BCUT2D eigenvalue weighted by atomic mass is 16.6. The van der Waals surface area contributed by atoms with Crippen LogP contribution in [-0.4, -0.2) is 58.4 Å². The summed E-state index contributed by atoms with van der Waals surface area (Å²) in [4.78, 5) is 21.8. The molecule has 1 unspecified atom stereocenters. The van der Waals surface area contributed by atoms with Gasteiger partial charge in [-0.1, -0.05) is 0 Å². The second-order valence-corrected chi connectivity index (χ2v) is 6.95. The number of hydrogen-bond acceptors (Lipinski definition) is 7. The molecule has 8 heteroatoms. The number of piperidine rings is 1. The van der Waals surface area contributed by atoms with Gasteiger partial charge in [-0.05, 0) is 44.0 Å². The Bertz CT molecular complexity index is 834. The zero-order chi connectivity index (χ0) is 19.5. The quantitative estimate of drug-likeness (QED) is 0.839. The number of hydrogen-bond donors (Lipinski definition) is 1. The first-order valence-corrected chi connectivity index (χ1v) is 9.47. The summed E-state index contributed by atoms with van der Waals surface area (Å²) in [6.45, 7) is 5.02. The molecule has 2 aliphatic heterocycles. The van der Waals surface area contributed by atoms with E-state index in [1.54, 1.807) is 6.07 Å². The number of pyridine rings is 2. The van der Waals surface area contributed by atoms with Crippen LogP contribution in [0.4, 0.5) is 0 Å². The Balaban J connectivity index is 1.32. The van der Waals surface area contributed by atoms with Crippen molar-refractivity contribution in [3.63, 3.8) is 0 Å². The number of fused-ring (bicyclic) bond motifs is 1. The van der Waals surface area contributed by atoms with E-state index in [1.165, 1.54) is 12.3 Å². The second kappa shape index (κ2) is 8.02. The molecule has 1 fully saturated rings. The van der Waals surface area contributed by atoms with Crippen molar-refractivity contribution in [2.75, 3.05) is 26.3 Å². The van der Waals surface area contributed by atoms with Crippen molar-refractivity contribution in [3.05, 3.63) is 41.9 Å². The van der Waals surface area contributed by atoms with E-state index in [4.69, 9.17) is 19.3 Å². The molecule has 4 heterocycles. The molecule has 1 N–H and O–H groups in total. The zero-order valence-electron chi connectivity index (χ0n) is 15.7. The van der Waals surface area contributed by atoms with Gasteiger partial charge in [-0.25, -0.2) is 14.8 Å². The first kappa shape index (κ1) is 18.5. The molecule has 148 valence electrons. The van der Waals surface area contributed by atoms with Crippen molar-refractivity contribution in [1.82, 2.24) is 14.9 Å². The number of aromatic carboxylic acids is 1. The SMILES string of the molecule is CC(c1ccc2c(n1)OCCO2)N1CCC(Oc2ccc(C(=O)O)nc2)CC1. The van der Waals surface area contributed by atoms with Crippen LogP contribution in [0.2, 0.25) is 0 Å². The fourth-order valence-corrected chi connectivity index (χ4v) is 3.51. The second-order valence-electron chi connectivity index (χ2n) is 6.95. The maximum absolute atomic E-state index is 10.9. The Labute approximate surface area is 163 Å². The average molecular weight is 385 g/mol. The maximum Gasteiger partial charge on any atom is 0.354 e. The minimum absolute atomic E-state index is 0.0166. The molecule has 2 aliphatic rings. The van der Waals surface area contributed by atoms with Gasteiger partial charge in [0.15, 0.2) is 5.75 Å². The summed E-state index contributed by atoms with van der Waals surface area (Å²) in [6, 6.07) is 7.22. The minimum Gasteiger partial charge on any atom is -0.489 e. The van der Waals surface area contributed by atoms with E-state index in [0.29, 0.717) is 30.6 Å². The van der Waals surface area contributed by atoms with Gasteiger partial charge in [0.1, 0.15) is 30.8 Å². The fourth-order valence-electron chi connectivity index (χ4n) is 3.51.